The van der Waals surface area contributed by atoms with E-state index in [4.69, 9.17) is 10.2 Å². The minimum Gasteiger partial charge on any atom is -0.481 e. The largest absolute Gasteiger partial charge is 0.481 e. The summed E-state index contributed by atoms with van der Waals surface area (Å²) in [5.41, 5.74) is 0.958. The zero-order valence-corrected chi connectivity index (χ0v) is 9.65. The third-order valence-electron chi connectivity index (χ3n) is 2.07. The number of hydrogen-bond acceptors (Lipinski definition) is 4. The lowest BCUT2D eigenvalue weighted by atomic mass is 10.2. The number of aliphatic hydroxyl groups excluding tert-OH is 1. The summed E-state index contributed by atoms with van der Waals surface area (Å²) in [5.74, 6) is -2.19. The van der Waals surface area contributed by atoms with E-state index in [2.05, 4.69) is 4.74 Å². The molecule has 0 bridgehead atoms. The van der Waals surface area contributed by atoms with E-state index in [0.717, 1.165) is 5.56 Å². The molecular weight excluding hydrogens is 236 g/mol. The fraction of sp³-hybridized carbons (Fsp3) is 0.231. The summed E-state index contributed by atoms with van der Waals surface area (Å²) in [6.07, 6.45) is 1.10. The fourth-order valence-corrected chi connectivity index (χ4v) is 1.22. The molecule has 0 unspecified atom stereocenters. The lowest BCUT2D eigenvalue weighted by molar-refractivity contribution is -0.157. The zero-order chi connectivity index (χ0) is 13.4. The van der Waals surface area contributed by atoms with Gasteiger partial charge < -0.3 is 14.9 Å². The number of benzene rings is 1. The van der Waals surface area contributed by atoms with Crippen LogP contribution in [0.15, 0.2) is 36.4 Å². The summed E-state index contributed by atoms with van der Waals surface area (Å²) in [6.45, 7) is -0.00952. The van der Waals surface area contributed by atoms with E-state index >= 15 is 0 Å². The van der Waals surface area contributed by atoms with Gasteiger partial charge in [0, 0.05) is 0 Å². The van der Waals surface area contributed by atoms with Gasteiger partial charge in [0.25, 0.3) is 0 Å². The first-order valence-corrected chi connectivity index (χ1v) is 5.37. The summed E-state index contributed by atoms with van der Waals surface area (Å²) >= 11 is 0. The van der Waals surface area contributed by atoms with Crippen LogP contribution in [0.1, 0.15) is 12.0 Å². The number of hydrogen-bond donors (Lipinski definition) is 2. The molecular formula is C13H14O5. The average molecular weight is 250 g/mol. The molecule has 0 fully saturated rings. The third kappa shape index (κ3) is 5.27. The van der Waals surface area contributed by atoms with Crippen molar-refractivity contribution in [3.8, 4) is 0 Å². The van der Waals surface area contributed by atoms with Crippen LogP contribution in [0.25, 0.3) is 6.08 Å². The minimum absolute atomic E-state index is 0.00952. The molecule has 0 aliphatic rings. The highest BCUT2D eigenvalue weighted by molar-refractivity contribution is 5.80. The first kappa shape index (κ1) is 13.9. The van der Waals surface area contributed by atoms with Crippen molar-refractivity contribution < 1.29 is 24.5 Å². The van der Waals surface area contributed by atoms with Crippen LogP contribution in [0.3, 0.4) is 0 Å². The lowest BCUT2D eigenvalue weighted by Gasteiger charge is -2.06. The predicted octanol–water partition coefficient (Wildman–Crippen LogP) is 1.08. The maximum absolute atomic E-state index is 11.1. The molecule has 0 radical (unpaired) electrons. The number of carboxylic acid groups (broad SMARTS) is 1. The number of rotatable bonds is 6. The van der Waals surface area contributed by atoms with Crippen LogP contribution < -0.4 is 0 Å². The van der Waals surface area contributed by atoms with Crippen LogP contribution >= 0.6 is 0 Å². The zero-order valence-electron chi connectivity index (χ0n) is 9.65. The molecule has 5 nitrogen and oxygen atoms in total. The average Bonchev–Trinajstić information content (AvgIpc) is 2.34. The molecule has 0 amide bonds. The number of carbonyl (C=O) groups is 2. The molecule has 2 N–H and O–H groups in total. The Morgan fingerprint density at radius 3 is 2.56 bits per heavy atom. The monoisotopic (exact) mass is 250 g/mol. The second-order valence-electron chi connectivity index (χ2n) is 3.56. The smallest absolute Gasteiger partial charge is 0.335 e. The Morgan fingerprint density at radius 2 is 1.94 bits per heavy atom. The summed E-state index contributed by atoms with van der Waals surface area (Å²) < 4.78 is 4.69. The SMILES string of the molecule is O=C(O)C[C@H](O)C(=O)OC/C=C/c1ccccc1. The maximum atomic E-state index is 11.1. The minimum atomic E-state index is -1.62. The quantitative estimate of drug-likeness (QED) is 0.738. The Morgan fingerprint density at radius 1 is 1.28 bits per heavy atom. The number of ether oxygens (including phenoxy) is 1. The topological polar surface area (TPSA) is 83.8 Å². The highest BCUT2D eigenvalue weighted by Crippen LogP contribution is 2.01. The van der Waals surface area contributed by atoms with Crippen LogP contribution in [0.2, 0.25) is 0 Å². The van der Waals surface area contributed by atoms with Crippen molar-refractivity contribution in [1.82, 2.24) is 0 Å². The molecule has 5 heteroatoms. The molecule has 0 saturated carbocycles. The van der Waals surface area contributed by atoms with Gasteiger partial charge in [-0.05, 0) is 11.6 Å². The summed E-state index contributed by atoms with van der Waals surface area (Å²) in [6, 6.07) is 9.42. The van der Waals surface area contributed by atoms with Crippen LogP contribution in [0.4, 0.5) is 0 Å². The lowest BCUT2D eigenvalue weighted by Crippen LogP contribution is -2.25. The number of aliphatic carboxylic acids is 1. The Bertz CT molecular complexity index is 424. The molecule has 1 atom stereocenters. The van der Waals surface area contributed by atoms with Crippen molar-refractivity contribution in [3.63, 3.8) is 0 Å². The first-order chi connectivity index (χ1) is 8.59. The van der Waals surface area contributed by atoms with Crippen molar-refractivity contribution in [2.75, 3.05) is 6.61 Å². The maximum Gasteiger partial charge on any atom is 0.335 e. The third-order valence-corrected chi connectivity index (χ3v) is 2.07. The van der Waals surface area contributed by atoms with Crippen molar-refractivity contribution in [3.05, 3.63) is 42.0 Å². The number of aliphatic hydroxyl groups is 1. The van der Waals surface area contributed by atoms with Gasteiger partial charge in [0.2, 0.25) is 0 Å². The van der Waals surface area contributed by atoms with Gasteiger partial charge in [0.05, 0.1) is 6.42 Å². The molecule has 0 saturated heterocycles. The van der Waals surface area contributed by atoms with E-state index in [1.807, 2.05) is 30.3 Å². The molecule has 0 aromatic heterocycles. The second kappa shape index (κ2) is 7.24. The van der Waals surface area contributed by atoms with Crippen LogP contribution in [0, 0.1) is 0 Å². The second-order valence-corrected chi connectivity index (χ2v) is 3.56. The van der Waals surface area contributed by atoms with E-state index in [1.54, 1.807) is 12.2 Å². The summed E-state index contributed by atoms with van der Waals surface area (Å²) in [5, 5.41) is 17.5. The molecule has 0 aliphatic carbocycles. The fourth-order valence-electron chi connectivity index (χ4n) is 1.22. The highest BCUT2D eigenvalue weighted by atomic mass is 16.5. The normalized spacial score (nSPS) is 12.3. The number of carbonyl (C=O) groups excluding carboxylic acids is 1. The van der Waals surface area contributed by atoms with Crippen LogP contribution in [-0.4, -0.2) is 34.9 Å². The van der Waals surface area contributed by atoms with Crippen molar-refractivity contribution in [2.45, 2.75) is 12.5 Å². The van der Waals surface area contributed by atoms with Crippen LogP contribution in [0.5, 0.6) is 0 Å². The molecule has 0 aliphatic heterocycles. The van der Waals surface area contributed by atoms with Crippen molar-refractivity contribution >= 4 is 18.0 Å². The van der Waals surface area contributed by atoms with E-state index in [1.165, 1.54) is 0 Å². The summed E-state index contributed by atoms with van der Waals surface area (Å²) in [7, 11) is 0. The van der Waals surface area contributed by atoms with Gasteiger partial charge in [-0.15, -0.1) is 0 Å². The van der Waals surface area contributed by atoms with E-state index in [-0.39, 0.29) is 6.61 Å². The van der Waals surface area contributed by atoms with Crippen molar-refractivity contribution in [1.29, 1.82) is 0 Å². The molecule has 1 aromatic rings. The van der Waals surface area contributed by atoms with Gasteiger partial charge in [0.15, 0.2) is 6.10 Å². The van der Waals surface area contributed by atoms with Gasteiger partial charge in [0.1, 0.15) is 6.61 Å². The molecule has 0 heterocycles. The number of carboxylic acids is 1. The molecule has 18 heavy (non-hydrogen) atoms. The Balaban J connectivity index is 2.31. The Hall–Kier alpha value is -2.14. The first-order valence-electron chi connectivity index (χ1n) is 5.37. The van der Waals surface area contributed by atoms with Gasteiger partial charge in [-0.2, -0.15) is 0 Å². The van der Waals surface area contributed by atoms with E-state index in [9.17, 15) is 9.59 Å². The molecule has 96 valence electrons. The summed E-state index contributed by atoms with van der Waals surface area (Å²) in [4.78, 5) is 21.4. The van der Waals surface area contributed by atoms with E-state index in [0.29, 0.717) is 0 Å². The van der Waals surface area contributed by atoms with Crippen molar-refractivity contribution in [2.24, 2.45) is 0 Å². The van der Waals surface area contributed by atoms with Gasteiger partial charge in [-0.3, -0.25) is 4.79 Å². The van der Waals surface area contributed by atoms with E-state index < -0.39 is 24.5 Å². The van der Waals surface area contributed by atoms with Crippen LogP contribution in [-0.2, 0) is 14.3 Å². The standard InChI is InChI=1S/C13H14O5/c14-11(9-12(15)16)13(17)18-8-4-7-10-5-2-1-3-6-10/h1-7,11,14H,8-9H2,(H,15,16)/b7-4+/t11-/m0/s1. The highest BCUT2D eigenvalue weighted by Gasteiger charge is 2.19. The molecule has 1 rings (SSSR count). The predicted molar refractivity (Wildman–Crippen MR) is 64.7 cm³/mol. The molecule has 0 spiro atoms. The number of esters is 1. The van der Waals surface area contributed by atoms with Gasteiger partial charge in [-0.1, -0.05) is 36.4 Å². The van der Waals surface area contributed by atoms with Gasteiger partial charge >= 0.3 is 11.9 Å². The van der Waals surface area contributed by atoms with Gasteiger partial charge in [-0.25, -0.2) is 4.79 Å². The Labute approximate surface area is 104 Å². The molecule has 1 aromatic carbocycles. The Kier molecular flexibility index (Phi) is 5.60.